The zero-order valence-electron chi connectivity index (χ0n) is 4.62. The molecule has 0 heterocycles. The van der Waals surface area contributed by atoms with Crippen LogP contribution in [0, 0.1) is 0 Å². The minimum absolute atomic E-state index is 1.09. The summed E-state index contributed by atoms with van der Waals surface area (Å²) in [5.74, 6) is -3.48. The maximum atomic E-state index is 10.4. The lowest BCUT2D eigenvalue weighted by atomic mass is 9.89. The van der Waals surface area contributed by atoms with Crippen LogP contribution in [0.2, 0.25) is 0 Å². The second-order valence-corrected chi connectivity index (χ2v) is 2.41. The number of rotatable bonds is 0. The van der Waals surface area contributed by atoms with Crippen molar-refractivity contribution in [2.75, 3.05) is 0 Å². The summed E-state index contributed by atoms with van der Waals surface area (Å²) in [6.07, 6.45) is 0. The quantitative estimate of drug-likeness (QED) is 0.281. The molecule has 2 fully saturated rings. The van der Waals surface area contributed by atoms with Gasteiger partial charge in [0, 0.05) is 0 Å². The molecule has 5 heteroatoms. The summed E-state index contributed by atoms with van der Waals surface area (Å²) in [5.41, 5.74) is -4.71. The number of carbonyl (C=O) groups is 3. The molecule has 10 heavy (non-hydrogen) atoms. The minimum atomic E-state index is -2.36. The zero-order valence-corrected chi connectivity index (χ0v) is 4.62. The van der Waals surface area contributed by atoms with Gasteiger partial charge >= 0.3 is 0 Å². The summed E-state index contributed by atoms with van der Waals surface area (Å²) in [6.45, 7) is 0. The van der Waals surface area contributed by atoms with Crippen LogP contribution in [0.4, 0.5) is 0 Å². The number of Topliss-reactive ketones (excluding diaryl/α,β-unsaturated/α-hetero) is 3. The smallest absolute Gasteiger partial charge is 0.245 e. The normalized spacial score (nSPS) is 50.4. The summed E-state index contributed by atoms with van der Waals surface area (Å²) in [5, 5.41) is 17.6. The van der Waals surface area contributed by atoms with Gasteiger partial charge in [0.25, 0.3) is 0 Å². The molecule has 5 nitrogen and oxygen atoms in total. The topological polar surface area (TPSA) is 91.7 Å². The van der Waals surface area contributed by atoms with Crippen LogP contribution in [0.3, 0.4) is 0 Å². The third kappa shape index (κ3) is 0.212. The summed E-state index contributed by atoms with van der Waals surface area (Å²) >= 11 is 0. The fraction of sp³-hybridized carbons (Fsp3) is 0.400. The zero-order chi connectivity index (χ0) is 7.73. The van der Waals surface area contributed by atoms with Crippen LogP contribution in [-0.4, -0.2) is 38.8 Å². The average molecular weight is 142 g/mol. The molecule has 2 unspecified atom stereocenters. The van der Waals surface area contributed by atoms with Crippen LogP contribution < -0.4 is 0 Å². The highest BCUT2D eigenvalue weighted by Gasteiger charge is 2.96. The lowest BCUT2D eigenvalue weighted by molar-refractivity contribution is -0.165. The lowest BCUT2D eigenvalue weighted by Gasteiger charge is -2.18. The maximum Gasteiger partial charge on any atom is 0.245 e. The van der Waals surface area contributed by atoms with Crippen molar-refractivity contribution in [2.24, 2.45) is 0 Å². The van der Waals surface area contributed by atoms with E-state index in [1.807, 2.05) is 0 Å². The van der Waals surface area contributed by atoms with E-state index in [0.29, 0.717) is 0 Å². The molecule has 0 radical (unpaired) electrons. The highest BCUT2D eigenvalue weighted by molar-refractivity contribution is 6.71. The number of aliphatic hydroxyl groups is 2. The summed E-state index contributed by atoms with van der Waals surface area (Å²) in [4.78, 5) is 31.1. The minimum Gasteiger partial charge on any atom is -0.371 e. The molecule has 2 saturated carbocycles. The second kappa shape index (κ2) is 0.959. The van der Waals surface area contributed by atoms with Crippen LogP contribution in [0.1, 0.15) is 0 Å². The Hall–Kier alpha value is -1.07. The van der Waals surface area contributed by atoms with Crippen molar-refractivity contribution in [2.45, 2.75) is 11.2 Å². The molecule has 2 aliphatic carbocycles. The van der Waals surface area contributed by atoms with E-state index in [4.69, 9.17) is 10.2 Å². The maximum absolute atomic E-state index is 10.4. The van der Waals surface area contributed by atoms with Crippen LogP contribution in [0.5, 0.6) is 0 Å². The van der Waals surface area contributed by atoms with E-state index in [2.05, 4.69) is 0 Å². The van der Waals surface area contributed by atoms with Gasteiger partial charge in [-0.15, -0.1) is 0 Å². The molecule has 0 aromatic rings. The molecule has 2 atom stereocenters. The Morgan fingerprint density at radius 1 is 0.900 bits per heavy atom. The third-order valence-corrected chi connectivity index (χ3v) is 1.98. The van der Waals surface area contributed by atoms with Gasteiger partial charge in [-0.1, -0.05) is 0 Å². The SMILES string of the molecule is O=C1C(=O)C2(O)C(=O)C12O. The van der Waals surface area contributed by atoms with Gasteiger partial charge in [-0.25, -0.2) is 0 Å². The van der Waals surface area contributed by atoms with Crippen molar-refractivity contribution in [1.29, 1.82) is 0 Å². The number of fused-ring (bicyclic) bond motifs is 1. The number of ketones is 3. The first kappa shape index (κ1) is 5.70. The summed E-state index contributed by atoms with van der Waals surface area (Å²) in [7, 11) is 0. The second-order valence-electron chi connectivity index (χ2n) is 2.41. The van der Waals surface area contributed by atoms with Gasteiger partial charge in [0.05, 0.1) is 0 Å². The lowest BCUT2D eigenvalue weighted by Crippen LogP contribution is -2.57. The van der Waals surface area contributed by atoms with E-state index >= 15 is 0 Å². The van der Waals surface area contributed by atoms with Gasteiger partial charge < -0.3 is 10.2 Å². The standard InChI is InChI=1S/C5H2O5/c6-1-2(7)5(10)3(8)4(1,5)9/h9-10H. The molecule has 2 N–H and O–H groups in total. The number of hydrogen-bond acceptors (Lipinski definition) is 5. The molecule has 52 valence electrons. The van der Waals surface area contributed by atoms with E-state index in [1.165, 1.54) is 0 Å². The van der Waals surface area contributed by atoms with Crippen molar-refractivity contribution in [3.8, 4) is 0 Å². The molecule has 0 amide bonds. The largest absolute Gasteiger partial charge is 0.371 e. The molecule has 0 bridgehead atoms. The van der Waals surface area contributed by atoms with Crippen molar-refractivity contribution in [3.05, 3.63) is 0 Å². The van der Waals surface area contributed by atoms with Crippen LogP contribution >= 0.6 is 0 Å². The van der Waals surface area contributed by atoms with Gasteiger partial charge in [0.2, 0.25) is 28.6 Å². The first-order valence-corrected chi connectivity index (χ1v) is 2.56. The third-order valence-electron chi connectivity index (χ3n) is 1.98. The van der Waals surface area contributed by atoms with Crippen LogP contribution in [-0.2, 0) is 14.4 Å². The molecule has 0 spiro atoms. The van der Waals surface area contributed by atoms with Gasteiger partial charge in [-0.3, -0.25) is 14.4 Å². The fourth-order valence-electron chi connectivity index (χ4n) is 1.15. The molecule has 0 aromatic heterocycles. The van der Waals surface area contributed by atoms with Crippen LogP contribution in [0.25, 0.3) is 0 Å². The van der Waals surface area contributed by atoms with E-state index in [-0.39, 0.29) is 0 Å². The van der Waals surface area contributed by atoms with E-state index in [9.17, 15) is 14.4 Å². The highest BCUT2D eigenvalue weighted by Crippen LogP contribution is 2.53. The highest BCUT2D eigenvalue weighted by atomic mass is 16.4. The van der Waals surface area contributed by atoms with Crippen molar-refractivity contribution >= 4 is 17.3 Å². The van der Waals surface area contributed by atoms with Crippen molar-refractivity contribution < 1.29 is 24.6 Å². The Morgan fingerprint density at radius 2 is 1.20 bits per heavy atom. The van der Waals surface area contributed by atoms with Gasteiger partial charge in [0.15, 0.2) is 0 Å². The Morgan fingerprint density at radius 3 is 1.30 bits per heavy atom. The summed E-state index contributed by atoms with van der Waals surface area (Å²) < 4.78 is 0. The van der Waals surface area contributed by atoms with Gasteiger partial charge in [-0.05, 0) is 0 Å². The van der Waals surface area contributed by atoms with Crippen LogP contribution in [0.15, 0.2) is 0 Å². The number of hydrogen-bond donors (Lipinski definition) is 2. The van der Waals surface area contributed by atoms with E-state index in [1.54, 1.807) is 0 Å². The fourth-order valence-corrected chi connectivity index (χ4v) is 1.15. The molecular weight excluding hydrogens is 140 g/mol. The van der Waals surface area contributed by atoms with Gasteiger partial charge in [0.1, 0.15) is 0 Å². The molecule has 0 aliphatic heterocycles. The molecule has 0 aromatic carbocycles. The molecule has 0 saturated heterocycles. The van der Waals surface area contributed by atoms with Gasteiger partial charge in [-0.2, -0.15) is 0 Å². The number of carbonyl (C=O) groups excluding carboxylic acids is 3. The Bertz CT molecular complexity index is 264. The predicted octanol–water partition coefficient (Wildman–Crippen LogP) is -2.82. The molecule has 2 rings (SSSR count). The predicted molar refractivity (Wildman–Crippen MR) is 24.9 cm³/mol. The Balaban J connectivity index is 2.59. The van der Waals surface area contributed by atoms with E-state index in [0.717, 1.165) is 0 Å². The Kier molecular flexibility index (Phi) is 0.546. The average Bonchev–Trinajstić information content (AvgIpc) is 2.33. The Labute approximate surface area is 54.3 Å². The van der Waals surface area contributed by atoms with Crippen molar-refractivity contribution in [3.63, 3.8) is 0 Å². The first-order valence-electron chi connectivity index (χ1n) is 2.56. The summed E-state index contributed by atoms with van der Waals surface area (Å²) in [6, 6.07) is 0. The first-order chi connectivity index (χ1) is 4.47. The van der Waals surface area contributed by atoms with E-state index < -0.39 is 28.6 Å². The molecular formula is C5H2O5. The molecule has 2 aliphatic rings. The monoisotopic (exact) mass is 142 g/mol. The van der Waals surface area contributed by atoms with Crippen molar-refractivity contribution in [1.82, 2.24) is 0 Å².